The van der Waals surface area contributed by atoms with Crippen molar-refractivity contribution >= 4 is 23.9 Å². The van der Waals surface area contributed by atoms with Gasteiger partial charge in [-0.3, -0.25) is 14.4 Å². The summed E-state index contributed by atoms with van der Waals surface area (Å²) in [6.45, 7) is 4.18. The smallest absolute Gasteiger partial charge is 0.338 e. The monoisotopic (exact) mass is 883 g/mol. The summed E-state index contributed by atoms with van der Waals surface area (Å²) in [7, 11) is 0. The molecule has 0 aliphatic heterocycles. The van der Waals surface area contributed by atoms with E-state index in [1.54, 1.807) is 18.2 Å². The molecule has 0 radical (unpaired) electrons. The first-order valence-electron chi connectivity index (χ1n) is 23.3. The fourth-order valence-electron chi connectivity index (χ4n) is 6.26. The molecule has 0 aliphatic carbocycles. The Morgan fingerprint density at radius 1 is 0.419 bits per heavy atom. The van der Waals surface area contributed by atoms with E-state index in [4.69, 9.17) is 28.4 Å². The topological polar surface area (TPSA) is 205 Å². The molecule has 14 heteroatoms. The number of hydrogen-bond donors (Lipinski definition) is 4. The number of ether oxygens (including phenoxy) is 6. The Kier molecular flexibility index (Phi) is 30.2. The Hall–Kier alpha value is -3.46. The van der Waals surface area contributed by atoms with Gasteiger partial charge in [0.25, 0.3) is 0 Å². The van der Waals surface area contributed by atoms with Gasteiger partial charge in [0, 0.05) is 6.07 Å². The number of carbonyl (C=O) groups is 4. The van der Waals surface area contributed by atoms with Crippen LogP contribution in [0.2, 0.25) is 0 Å². The number of aliphatic hydroxyl groups is 4. The molecule has 0 aromatic heterocycles. The van der Waals surface area contributed by atoms with Crippen molar-refractivity contribution in [1.82, 2.24) is 0 Å². The van der Waals surface area contributed by atoms with Gasteiger partial charge in [-0.2, -0.15) is 0 Å². The third-order valence-corrected chi connectivity index (χ3v) is 11.1. The van der Waals surface area contributed by atoms with Crippen LogP contribution in [0.25, 0.3) is 0 Å². The number of benzene rings is 1. The molecule has 0 heterocycles. The average molecular weight is 883 g/mol. The van der Waals surface area contributed by atoms with Crippen LogP contribution in [0.4, 0.5) is 0 Å². The molecule has 0 fully saturated rings. The first kappa shape index (κ1) is 56.6. The van der Waals surface area contributed by atoms with E-state index in [9.17, 15) is 39.6 Å². The normalized spacial score (nSPS) is 11.9. The van der Waals surface area contributed by atoms with Crippen LogP contribution < -0.4 is 9.47 Å². The summed E-state index contributed by atoms with van der Waals surface area (Å²) in [6, 6.07) is 4.96. The number of unbranched alkanes of at least 4 members (excludes halogenated alkanes) is 18. The van der Waals surface area contributed by atoms with Gasteiger partial charge >= 0.3 is 23.9 Å². The van der Waals surface area contributed by atoms with Crippen molar-refractivity contribution < 1.29 is 68.0 Å². The van der Waals surface area contributed by atoms with E-state index in [-0.39, 0.29) is 12.2 Å². The van der Waals surface area contributed by atoms with Gasteiger partial charge in [-0.25, -0.2) is 4.79 Å². The summed E-state index contributed by atoms with van der Waals surface area (Å²) in [5.74, 6) is -2.74. The third-order valence-electron chi connectivity index (χ3n) is 11.1. The molecule has 358 valence electrons. The molecule has 1 aromatic rings. The highest BCUT2D eigenvalue weighted by atomic mass is 16.6. The quantitative estimate of drug-likeness (QED) is 0.0281. The predicted octanol–water partition coefficient (Wildman–Crippen LogP) is 8.06. The lowest BCUT2D eigenvalue weighted by Gasteiger charge is -2.30. The molecule has 14 nitrogen and oxygen atoms in total. The largest absolute Gasteiger partial charge is 0.493 e. The van der Waals surface area contributed by atoms with Gasteiger partial charge < -0.3 is 48.8 Å². The molecular formula is C48H82O14. The van der Waals surface area contributed by atoms with Crippen LogP contribution in [0.15, 0.2) is 18.2 Å². The minimum absolute atomic E-state index is 0.199. The Morgan fingerprint density at radius 3 is 1.10 bits per heavy atom. The molecule has 0 saturated heterocycles. The second-order valence-electron chi connectivity index (χ2n) is 17.5. The van der Waals surface area contributed by atoms with Crippen molar-refractivity contribution in [2.75, 3.05) is 66.1 Å². The maximum Gasteiger partial charge on any atom is 0.338 e. The van der Waals surface area contributed by atoms with Crippen LogP contribution in [-0.2, 0) is 33.3 Å². The Morgan fingerprint density at radius 2 is 0.742 bits per heavy atom. The molecule has 0 amide bonds. The summed E-state index contributed by atoms with van der Waals surface area (Å²) in [5.41, 5.74) is -4.96. The van der Waals surface area contributed by atoms with Gasteiger partial charge in [-0.1, -0.05) is 129 Å². The van der Waals surface area contributed by atoms with Crippen LogP contribution in [-0.4, -0.2) is 110 Å². The summed E-state index contributed by atoms with van der Waals surface area (Å²) in [6.07, 6.45) is 24.0. The second-order valence-corrected chi connectivity index (χ2v) is 17.5. The van der Waals surface area contributed by atoms with Gasteiger partial charge in [0.2, 0.25) is 0 Å². The number of esters is 4. The molecule has 4 N–H and O–H groups in total. The summed E-state index contributed by atoms with van der Waals surface area (Å²) < 4.78 is 33.5. The molecule has 0 saturated carbocycles. The summed E-state index contributed by atoms with van der Waals surface area (Å²) >= 11 is 0. The zero-order valence-corrected chi connectivity index (χ0v) is 38.8. The molecular weight excluding hydrogens is 801 g/mol. The molecule has 0 bridgehead atoms. The van der Waals surface area contributed by atoms with Crippen molar-refractivity contribution in [3.63, 3.8) is 0 Å². The van der Waals surface area contributed by atoms with E-state index >= 15 is 0 Å². The number of carbonyl (C=O) groups excluding carboxylic acids is 4. The van der Waals surface area contributed by atoms with E-state index in [0.717, 1.165) is 38.5 Å². The molecule has 0 aliphatic rings. The summed E-state index contributed by atoms with van der Waals surface area (Å²) in [5, 5.41) is 38.4. The molecule has 1 rings (SSSR count). The molecule has 62 heavy (non-hydrogen) atoms. The first-order valence-corrected chi connectivity index (χ1v) is 23.3. The van der Waals surface area contributed by atoms with Crippen molar-refractivity contribution in [1.29, 1.82) is 0 Å². The molecule has 1 aromatic carbocycles. The van der Waals surface area contributed by atoms with Crippen molar-refractivity contribution in [3.8, 4) is 11.5 Å². The van der Waals surface area contributed by atoms with Gasteiger partial charge in [0.15, 0.2) is 0 Å². The minimum Gasteiger partial charge on any atom is -0.493 e. The highest BCUT2D eigenvalue weighted by Gasteiger charge is 2.43. The van der Waals surface area contributed by atoms with Crippen molar-refractivity contribution in [2.24, 2.45) is 16.2 Å². The highest BCUT2D eigenvalue weighted by molar-refractivity contribution is 5.90. The highest BCUT2D eigenvalue weighted by Crippen LogP contribution is 2.27. The Bertz CT molecular complexity index is 1300. The van der Waals surface area contributed by atoms with E-state index in [1.807, 2.05) is 0 Å². The maximum atomic E-state index is 13.4. The average Bonchev–Trinajstić information content (AvgIpc) is 3.28. The minimum atomic E-state index is -1.81. The van der Waals surface area contributed by atoms with Crippen LogP contribution >= 0.6 is 0 Å². The lowest BCUT2D eigenvalue weighted by Crippen LogP contribution is -2.45. The lowest BCUT2D eigenvalue weighted by atomic mass is 9.90. The standard InChI is InChI=1S/C48H82O14/c1-6-8-10-12-14-16-18-20-22-24-26-57-40-30-39(31-41(32-40)58-27-25-23-21-19-17-15-13-11-9-7-2)42(53)59-28-29-60-45(56)48(5,37-61-43(54)46(3,33-49)34-50)38-62-44(55)47(4,35-51)36-52/h30-32,49-52H,6-29,33-38H2,1-5H3. The van der Waals surface area contributed by atoms with Crippen LogP contribution in [0.5, 0.6) is 11.5 Å². The van der Waals surface area contributed by atoms with Crippen LogP contribution in [0.1, 0.15) is 173 Å². The third kappa shape index (κ3) is 22.8. The van der Waals surface area contributed by atoms with Crippen molar-refractivity contribution in [3.05, 3.63) is 23.8 Å². The van der Waals surface area contributed by atoms with Gasteiger partial charge in [0.05, 0.1) is 45.2 Å². The predicted molar refractivity (Wildman–Crippen MR) is 237 cm³/mol. The van der Waals surface area contributed by atoms with E-state index < -0.39 is 86.4 Å². The zero-order chi connectivity index (χ0) is 46.1. The van der Waals surface area contributed by atoms with Gasteiger partial charge in [0.1, 0.15) is 54.2 Å². The Labute approximate surface area is 371 Å². The van der Waals surface area contributed by atoms with E-state index in [1.165, 1.54) is 111 Å². The maximum absolute atomic E-state index is 13.4. The van der Waals surface area contributed by atoms with Gasteiger partial charge in [-0.05, 0) is 45.7 Å². The number of hydrogen-bond acceptors (Lipinski definition) is 14. The second kappa shape index (κ2) is 33.1. The van der Waals surface area contributed by atoms with Crippen molar-refractivity contribution in [2.45, 2.75) is 163 Å². The first-order chi connectivity index (χ1) is 29.8. The summed E-state index contributed by atoms with van der Waals surface area (Å²) in [4.78, 5) is 52.0. The fourth-order valence-corrected chi connectivity index (χ4v) is 6.26. The van der Waals surface area contributed by atoms with E-state index in [2.05, 4.69) is 13.8 Å². The number of aliphatic hydroxyl groups excluding tert-OH is 4. The van der Waals surface area contributed by atoms with Crippen LogP contribution in [0.3, 0.4) is 0 Å². The molecule has 0 unspecified atom stereocenters. The lowest BCUT2D eigenvalue weighted by molar-refractivity contribution is -0.179. The van der Waals surface area contributed by atoms with E-state index in [0.29, 0.717) is 24.7 Å². The fraction of sp³-hybridized carbons (Fsp3) is 0.792. The number of rotatable bonds is 39. The SMILES string of the molecule is CCCCCCCCCCCCOc1cc(OCCCCCCCCCCCC)cc(C(=O)OCCOC(=O)C(C)(COC(=O)C(C)(CO)CO)COC(=O)C(C)(CO)CO)c1. The van der Waals surface area contributed by atoms with Crippen LogP contribution in [0, 0.1) is 16.2 Å². The molecule has 0 atom stereocenters. The zero-order valence-electron chi connectivity index (χ0n) is 38.8. The van der Waals surface area contributed by atoms with Gasteiger partial charge in [-0.15, -0.1) is 0 Å². The molecule has 0 spiro atoms. The Balaban J connectivity index is 2.90.